The van der Waals surface area contributed by atoms with Gasteiger partial charge in [-0.1, -0.05) is 0 Å². The second-order valence-electron chi connectivity index (χ2n) is 4.84. The summed E-state index contributed by atoms with van der Waals surface area (Å²) >= 11 is 5.86. The van der Waals surface area contributed by atoms with Crippen molar-refractivity contribution in [1.29, 1.82) is 0 Å². The lowest BCUT2D eigenvalue weighted by molar-refractivity contribution is -0.135. The van der Waals surface area contributed by atoms with E-state index in [4.69, 9.17) is 16.3 Å². The molecule has 0 aliphatic carbocycles. The molecule has 2 aliphatic rings. The van der Waals surface area contributed by atoms with Crippen LogP contribution in [0.4, 0.5) is 0 Å². The summed E-state index contributed by atoms with van der Waals surface area (Å²) in [5, 5.41) is 0. The van der Waals surface area contributed by atoms with Crippen LogP contribution in [0.2, 0.25) is 0 Å². The monoisotopic (exact) mass is 245 g/mol. The molecule has 4 heteroatoms. The Morgan fingerprint density at radius 1 is 1.38 bits per heavy atom. The first kappa shape index (κ1) is 12.2. The molecule has 0 aromatic carbocycles. The first-order chi connectivity index (χ1) is 7.79. The highest BCUT2D eigenvalue weighted by atomic mass is 35.5. The van der Waals surface area contributed by atoms with Gasteiger partial charge in [0.25, 0.3) is 0 Å². The number of hydrogen-bond donors (Lipinski definition) is 0. The number of carbonyl (C=O) groups excluding carboxylic acids is 1. The lowest BCUT2D eigenvalue weighted by Gasteiger charge is -2.32. The first-order valence-electron chi connectivity index (χ1n) is 6.25. The van der Waals surface area contributed by atoms with Crippen LogP contribution in [0, 0.1) is 5.92 Å². The molecule has 0 radical (unpaired) electrons. The fourth-order valence-electron chi connectivity index (χ4n) is 2.55. The Hall–Kier alpha value is -0.280. The predicted octanol–water partition coefficient (Wildman–Crippen LogP) is 2.03. The van der Waals surface area contributed by atoms with E-state index in [0.29, 0.717) is 18.2 Å². The number of ether oxygens (including phenoxy) is 1. The molecule has 3 nitrogen and oxygen atoms in total. The maximum atomic E-state index is 12.0. The van der Waals surface area contributed by atoms with E-state index in [0.717, 1.165) is 45.4 Å². The Kier molecular flexibility index (Phi) is 4.47. The normalized spacial score (nSPS) is 30.7. The van der Waals surface area contributed by atoms with Gasteiger partial charge in [0, 0.05) is 25.6 Å². The molecule has 0 aromatic rings. The number of halogens is 1. The molecule has 2 heterocycles. The van der Waals surface area contributed by atoms with Gasteiger partial charge in [-0.05, 0) is 31.6 Å². The fourth-order valence-corrected chi connectivity index (χ4v) is 2.80. The Bertz CT molecular complexity index is 241. The highest BCUT2D eigenvalue weighted by Gasteiger charge is 2.26. The van der Waals surface area contributed by atoms with Crippen molar-refractivity contribution in [3.63, 3.8) is 0 Å². The van der Waals surface area contributed by atoms with Crippen LogP contribution in [0.3, 0.4) is 0 Å². The van der Waals surface area contributed by atoms with Gasteiger partial charge in [-0.3, -0.25) is 4.79 Å². The van der Waals surface area contributed by atoms with Crippen LogP contribution in [0.1, 0.15) is 32.1 Å². The van der Waals surface area contributed by atoms with Crippen molar-refractivity contribution in [2.24, 2.45) is 5.92 Å². The SMILES string of the molecule is O=C(CC1CCCO1)N1CCCC(CCl)C1. The molecule has 0 spiro atoms. The third-order valence-corrected chi connectivity index (χ3v) is 3.95. The quantitative estimate of drug-likeness (QED) is 0.712. The average molecular weight is 246 g/mol. The summed E-state index contributed by atoms with van der Waals surface area (Å²) in [6.07, 6.45) is 5.13. The van der Waals surface area contributed by atoms with Gasteiger partial charge in [-0.2, -0.15) is 0 Å². The van der Waals surface area contributed by atoms with Gasteiger partial charge in [0.15, 0.2) is 0 Å². The van der Waals surface area contributed by atoms with Crippen LogP contribution in [0.5, 0.6) is 0 Å². The Balaban J connectivity index is 1.79. The minimum Gasteiger partial charge on any atom is -0.378 e. The van der Waals surface area contributed by atoms with Crippen molar-refractivity contribution in [3.05, 3.63) is 0 Å². The molecule has 1 amide bonds. The van der Waals surface area contributed by atoms with Crippen LogP contribution in [0.15, 0.2) is 0 Å². The molecule has 2 atom stereocenters. The molecule has 2 aliphatic heterocycles. The van der Waals surface area contributed by atoms with Crippen molar-refractivity contribution in [1.82, 2.24) is 4.90 Å². The van der Waals surface area contributed by atoms with Crippen molar-refractivity contribution >= 4 is 17.5 Å². The molecule has 2 unspecified atom stereocenters. The van der Waals surface area contributed by atoms with Crippen molar-refractivity contribution in [2.75, 3.05) is 25.6 Å². The Labute approximate surface area is 102 Å². The zero-order chi connectivity index (χ0) is 11.4. The second kappa shape index (κ2) is 5.87. The topological polar surface area (TPSA) is 29.5 Å². The van der Waals surface area contributed by atoms with Gasteiger partial charge in [-0.15, -0.1) is 11.6 Å². The van der Waals surface area contributed by atoms with E-state index in [1.807, 2.05) is 4.90 Å². The fraction of sp³-hybridized carbons (Fsp3) is 0.917. The van der Waals surface area contributed by atoms with Crippen LogP contribution >= 0.6 is 11.6 Å². The van der Waals surface area contributed by atoms with E-state index in [1.54, 1.807) is 0 Å². The molecule has 2 fully saturated rings. The summed E-state index contributed by atoms with van der Waals surface area (Å²) in [4.78, 5) is 14.0. The van der Waals surface area contributed by atoms with E-state index in [1.165, 1.54) is 0 Å². The number of nitrogens with zero attached hydrogens (tertiary/aromatic N) is 1. The lowest BCUT2D eigenvalue weighted by atomic mass is 9.99. The summed E-state index contributed by atoms with van der Waals surface area (Å²) in [5.74, 6) is 1.41. The van der Waals surface area contributed by atoms with Crippen LogP contribution in [0.25, 0.3) is 0 Å². The number of amides is 1. The largest absolute Gasteiger partial charge is 0.378 e. The molecule has 0 aromatic heterocycles. The maximum absolute atomic E-state index is 12.0. The molecule has 92 valence electrons. The molecule has 2 saturated heterocycles. The first-order valence-corrected chi connectivity index (χ1v) is 6.78. The minimum atomic E-state index is 0.170. The van der Waals surface area contributed by atoms with Gasteiger partial charge in [0.1, 0.15) is 0 Å². The lowest BCUT2D eigenvalue weighted by Crippen LogP contribution is -2.41. The standard InChI is InChI=1S/C12H20ClNO2/c13-8-10-3-1-5-14(9-10)12(15)7-11-4-2-6-16-11/h10-11H,1-9H2. The third kappa shape index (κ3) is 3.11. The number of alkyl halides is 1. The number of hydrogen-bond acceptors (Lipinski definition) is 2. The molecular weight excluding hydrogens is 226 g/mol. The van der Waals surface area contributed by atoms with Gasteiger partial charge in [-0.25, -0.2) is 0 Å². The Morgan fingerprint density at radius 2 is 2.25 bits per heavy atom. The maximum Gasteiger partial charge on any atom is 0.225 e. The van der Waals surface area contributed by atoms with Crippen molar-refractivity contribution < 1.29 is 9.53 Å². The number of rotatable bonds is 3. The molecule has 2 rings (SSSR count). The highest BCUT2D eigenvalue weighted by Crippen LogP contribution is 2.21. The van der Waals surface area contributed by atoms with E-state index >= 15 is 0 Å². The smallest absolute Gasteiger partial charge is 0.225 e. The van der Waals surface area contributed by atoms with E-state index in [9.17, 15) is 4.79 Å². The Morgan fingerprint density at radius 3 is 2.94 bits per heavy atom. The van der Waals surface area contributed by atoms with Crippen molar-refractivity contribution in [2.45, 2.75) is 38.2 Å². The van der Waals surface area contributed by atoms with E-state index in [2.05, 4.69) is 0 Å². The predicted molar refractivity (Wildman–Crippen MR) is 63.6 cm³/mol. The zero-order valence-electron chi connectivity index (χ0n) is 9.66. The van der Waals surface area contributed by atoms with Gasteiger partial charge in [0.2, 0.25) is 5.91 Å². The molecule has 0 bridgehead atoms. The molecule has 16 heavy (non-hydrogen) atoms. The summed E-state index contributed by atoms with van der Waals surface area (Å²) in [6, 6.07) is 0. The zero-order valence-corrected chi connectivity index (χ0v) is 10.4. The summed E-state index contributed by atoms with van der Waals surface area (Å²) in [6.45, 7) is 2.57. The second-order valence-corrected chi connectivity index (χ2v) is 5.15. The summed E-state index contributed by atoms with van der Waals surface area (Å²) in [5.41, 5.74) is 0. The van der Waals surface area contributed by atoms with E-state index < -0.39 is 0 Å². The van der Waals surface area contributed by atoms with Gasteiger partial charge < -0.3 is 9.64 Å². The summed E-state index contributed by atoms with van der Waals surface area (Å²) in [7, 11) is 0. The molecular formula is C12H20ClNO2. The third-order valence-electron chi connectivity index (χ3n) is 3.52. The number of piperidine rings is 1. The van der Waals surface area contributed by atoms with Crippen LogP contribution in [-0.4, -0.2) is 42.5 Å². The van der Waals surface area contributed by atoms with Crippen LogP contribution in [-0.2, 0) is 9.53 Å². The number of likely N-dealkylation sites (tertiary alicyclic amines) is 1. The van der Waals surface area contributed by atoms with E-state index in [-0.39, 0.29) is 12.0 Å². The minimum absolute atomic E-state index is 0.170. The summed E-state index contributed by atoms with van der Waals surface area (Å²) < 4.78 is 5.49. The molecule has 0 N–H and O–H groups in total. The average Bonchev–Trinajstić information content (AvgIpc) is 2.82. The highest BCUT2D eigenvalue weighted by molar-refractivity contribution is 6.18. The van der Waals surface area contributed by atoms with Gasteiger partial charge >= 0.3 is 0 Å². The molecule has 0 saturated carbocycles. The van der Waals surface area contributed by atoms with Gasteiger partial charge in [0.05, 0.1) is 12.5 Å². The van der Waals surface area contributed by atoms with Crippen LogP contribution < -0.4 is 0 Å². The number of carbonyl (C=O) groups is 1. The van der Waals surface area contributed by atoms with Crippen molar-refractivity contribution in [3.8, 4) is 0 Å².